The Morgan fingerprint density at radius 3 is 2.65 bits per heavy atom. The highest BCUT2D eigenvalue weighted by Crippen LogP contribution is 2.43. The highest BCUT2D eigenvalue weighted by atomic mass is 79.9. The molecule has 2 aliphatic carbocycles. The zero-order valence-electron chi connectivity index (χ0n) is 15.4. The molecule has 26 heavy (non-hydrogen) atoms. The number of piperazine rings is 1. The van der Waals surface area contributed by atoms with Crippen molar-refractivity contribution >= 4 is 21.8 Å². The number of benzene rings is 1. The van der Waals surface area contributed by atoms with Gasteiger partial charge in [-0.2, -0.15) is 0 Å². The van der Waals surface area contributed by atoms with Gasteiger partial charge in [0.25, 0.3) is 5.91 Å². The fourth-order valence-electron chi connectivity index (χ4n) is 4.62. The van der Waals surface area contributed by atoms with Gasteiger partial charge >= 0.3 is 0 Å². The molecule has 2 bridgehead atoms. The number of nitrogens with zero attached hydrogens (tertiary/aromatic N) is 2. The lowest BCUT2D eigenvalue weighted by Crippen LogP contribution is -2.51. The largest absolute Gasteiger partial charge is 0.483 e. The summed E-state index contributed by atoms with van der Waals surface area (Å²) >= 11 is 3.45. The summed E-state index contributed by atoms with van der Waals surface area (Å²) in [4.78, 5) is 17.0. The number of rotatable bonds is 5. The van der Waals surface area contributed by atoms with Gasteiger partial charge in [0.05, 0.1) is 0 Å². The third-order valence-corrected chi connectivity index (χ3v) is 6.62. The van der Waals surface area contributed by atoms with Crippen molar-refractivity contribution in [3.63, 3.8) is 0 Å². The van der Waals surface area contributed by atoms with Gasteiger partial charge in [-0.3, -0.25) is 9.69 Å². The van der Waals surface area contributed by atoms with Gasteiger partial charge in [0.2, 0.25) is 0 Å². The maximum Gasteiger partial charge on any atom is 0.260 e. The van der Waals surface area contributed by atoms with Crippen LogP contribution in [0.25, 0.3) is 0 Å². The minimum atomic E-state index is 0.0924. The first-order valence-electron chi connectivity index (χ1n) is 9.66. The predicted octanol–water partition coefficient (Wildman–Crippen LogP) is 3.49. The van der Waals surface area contributed by atoms with Crippen LogP contribution in [0.2, 0.25) is 0 Å². The SMILES string of the molecule is Cc1cc(Br)ccc1OCC(=O)N1CCN(C[C@H]2CC3C=CC2C3)CC1. The van der Waals surface area contributed by atoms with Gasteiger partial charge < -0.3 is 9.64 Å². The molecule has 1 aromatic carbocycles. The number of aryl methyl sites for hydroxylation is 1. The number of ether oxygens (including phenoxy) is 1. The van der Waals surface area contributed by atoms with Gasteiger partial charge in [-0.25, -0.2) is 0 Å². The Morgan fingerprint density at radius 2 is 2.00 bits per heavy atom. The second-order valence-electron chi connectivity index (χ2n) is 7.92. The monoisotopic (exact) mass is 418 g/mol. The van der Waals surface area contributed by atoms with Crippen LogP contribution in [-0.2, 0) is 4.79 Å². The Balaban J connectivity index is 1.21. The lowest BCUT2D eigenvalue weighted by atomic mass is 9.93. The summed E-state index contributed by atoms with van der Waals surface area (Å²) in [5.74, 6) is 3.35. The molecule has 5 heteroatoms. The van der Waals surface area contributed by atoms with E-state index in [1.165, 1.54) is 19.4 Å². The van der Waals surface area contributed by atoms with Gasteiger partial charge in [-0.05, 0) is 61.3 Å². The van der Waals surface area contributed by atoms with Crippen molar-refractivity contribution in [1.29, 1.82) is 0 Å². The van der Waals surface area contributed by atoms with Crippen LogP contribution >= 0.6 is 15.9 Å². The first-order chi connectivity index (χ1) is 12.6. The van der Waals surface area contributed by atoms with Crippen molar-refractivity contribution in [2.24, 2.45) is 17.8 Å². The van der Waals surface area contributed by atoms with E-state index in [1.54, 1.807) is 0 Å². The molecule has 0 spiro atoms. The molecule has 3 atom stereocenters. The van der Waals surface area contributed by atoms with Gasteiger partial charge in [0.1, 0.15) is 5.75 Å². The summed E-state index contributed by atoms with van der Waals surface area (Å²) in [7, 11) is 0. The van der Waals surface area contributed by atoms with Crippen LogP contribution < -0.4 is 4.74 Å². The van der Waals surface area contributed by atoms with Crippen LogP contribution in [0.15, 0.2) is 34.8 Å². The first-order valence-corrected chi connectivity index (χ1v) is 10.4. The molecule has 1 saturated carbocycles. The molecule has 140 valence electrons. The Morgan fingerprint density at radius 1 is 1.19 bits per heavy atom. The highest BCUT2D eigenvalue weighted by molar-refractivity contribution is 9.10. The highest BCUT2D eigenvalue weighted by Gasteiger charge is 2.36. The molecule has 1 aromatic rings. The first kappa shape index (κ1) is 18.1. The van der Waals surface area contributed by atoms with Crippen molar-refractivity contribution in [3.8, 4) is 5.75 Å². The van der Waals surface area contributed by atoms with Crippen molar-refractivity contribution in [2.75, 3.05) is 39.3 Å². The molecule has 0 aromatic heterocycles. The number of allylic oxidation sites excluding steroid dienone is 2. The van der Waals surface area contributed by atoms with Crippen LogP contribution in [0.5, 0.6) is 5.75 Å². The number of halogens is 1. The standard InChI is InChI=1S/C21H27BrN2O2/c1-15-10-19(22)4-5-20(15)26-14-21(25)24-8-6-23(7-9-24)13-18-12-16-2-3-17(18)11-16/h2-5,10,16-18H,6-9,11-14H2,1H3/t16?,17?,18-/m1/s1. The molecule has 0 radical (unpaired) electrons. The predicted molar refractivity (Wildman–Crippen MR) is 106 cm³/mol. The molecule has 2 unspecified atom stereocenters. The van der Waals surface area contributed by atoms with Crippen molar-refractivity contribution in [3.05, 3.63) is 40.4 Å². The zero-order valence-corrected chi connectivity index (χ0v) is 17.0. The molecule has 4 nitrogen and oxygen atoms in total. The number of fused-ring (bicyclic) bond motifs is 2. The van der Waals surface area contributed by atoms with Crippen LogP contribution in [0, 0.1) is 24.7 Å². The summed E-state index contributed by atoms with van der Waals surface area (Å²) in [6.07, 6.45) is 7.57. The minimum Gasteiger partial charge on any atom is -0.483 e. The number of hydrogen-bond donors (Lipinski definition) is 0. The van der Waals surface area contributed by atoms with Gasteiger partial charge in [0, 0.05) is 37.2 Å². The molecular weight excluding hydrogens is 392 g/mol. The summed E-state index contributed by atoms with van der Waals surface area (Å²) in [5, 5.41) is 0. The van der Waals surface area contributed by atoms with Crippen molar-refractivity contribution in [1.82, 2.24) is 9.80 Å². The van der Waals surface area contributed by atoms with E-state index in [0.29, 0.717) is 0 Å². The molecule has 1 saturated heterocycles. The van der Waals surface area contributed by atoms with E-state index in [9.17, 15) is 4.79 Å². The lowest BCUT2D eigenvalue weighted by molar-refractivity contribution is -0.135. The fourth-order valence-corrected chi connectivity index (χ4v) is 5.10. The quantitative estimate of drug-likeness (QED) is 0.685. The number of amides is 1. The van der Waals surface area contributed by atoms with Crippen LogP contribution in [-0.4, -0.2) is 55.0 Å². The van der Waals surface area contributed by atoms with E-state index in [0.717, 1.165) is 59.7 Å². The Hall–Kier alpha value is -1.33. The van der Waals surface area contributed by atoms with Gasteiger partial charge in [-0.1, -0.05) is 28.1 Å². The summed E-state index contributed by atoms with van der Waals surface area (Å²) in [5.41, 5.74) is 1.04. The Kier molecular flexibility index (Phi) is 5.37. The minimum absolute atomic E-state index is 0.0924. The summed E-state index contributed by atoms with van der Waals surface area (Å²) in [6.45, 7) is 6.92. The van der Waals surface area contributed by atoms with E-state index in [2.05, 4.69) is 33.0 Å². The molecule has 3 aliphatic rings. The Bertz CT molecular complexity index is 697. The van der Waals surface area contributed by atoms with Crippen LogP contribution in [0.4, 0.5) is 0 Å². The van der Waals surface area contributed by atoms with Crippen LogP contribution in [0.1, 0.15) is 18.4 Å². The molecular formula is C21H27BrN2O2. The van der Waals surface area contributed by atoms with E-state index in [4.69, 9.17) is 4.74 Å². The lowest BCUT2D eigenvalue weighted by Gasteiger charge is -2.36. The van der Waals surface area contributed by atoms with E-state index < -0.39 is 0 Å². The average molecular weight is 419 g/mol. The second-order valence-corrected chi connectivity index (χ2v) is 8.84. The maximum atomic E-state index is 12.5. The third-order valence-electron chi connectivity index (χ3n) is 6.12. The average Bonchev–Trinajstić information content (AvgIpc) is 3.24. The zero-order chi connectivity index (χ0) is 18.1. The Labute approximate surface area is 164 Å². The maximum absolute atomic E-state index is 12.5. The normalized spacial score (nSPS) is 27.9. The van der Waals surface area contributed by atoms with E-state index in [1.807, 2.05) is 30.0 Å². The van der Waals surface area contributed by atoms with Crippen molar-refractivity contribution in [2.45, 2.75) is 19.8 Å². The number of hydrogen-bond acceptors (Lipinski definition) is 3. The second kappa shape index (κ2) is 7.73. The number of carbonyl (C=O) groups is 1. The van der Waals surface area contributed by atoms with E-state index >= 15 is 0 Å². The van der Waals surface area contributed by atoms with Gasteiger partial charge in [-0.15, -0.1) is 0 Å². The number of carbonyl (C=O) groups excluding carboxylic acids is 1. The van der Waals surface area contributed by atoms with Crippen molar-refractivity contribution < 1.29 is 9.53 Å². The third kappa shape index (κ3) is 3.99. The van der Waals surface area contributed by atoms with E-state index in [-0.39, 0.29) is 12.5 Å². The molecule has 1 amide bonds. The molecule has 1 heterocycles. The summed E-state index contributed by atoms with van der Waals surface area (Å²) in [6, 6.07) is 5.86. The molecule has 2 fully saturated rings. The molecule has 1 aliphatic heterocycles. The smallest absolute Gasteiger partial charge is 0.260 e. The van der Waals surface area contributed by atoms with Gasteiger partial charge in [0.15, 0.2) is 6.61 Å². The molecule has 4 rings (SSSR count). The summed E-state index contributed by atoms with van der Waals surface area (Å²) < 4.78 is 6.77. The molecule has 0 N–H and O–H groups in total. The topological polar surface area (TPSA) is 32.8 Å². The van der Waals surface area contributed by atoms with Crippen LogP contribution in [0.3, 0.4) is 0 Å². The fraction of sp³-hybridized carbons (Fsp3) is 0.571.